The number of ether oxygens (including phenoxy) is 1. The van der Waals surface area contributed by atoms with Crippen molar-refractivity contribution in [2.45, 2.75) is 32.4 Å². The average molecular weight is 248 g/mol. The first-order chi connectivity index (χ1) is 8.68. The first-order valence-electron chi connectivity index (χ1n) is 6.57. The monoisotopic (exact) mass is 248 g/mol. The molecule has 3 rings (SSSR count). The summed E-state index contributed by atoms with van der Waals surface area (Å²) in [7, 11) is 0. The van der Waals surface area contributed by atoms with Gasteiger partial charge in [-0.15, -0.1) is 0 Å². The first kappa shape index (κ1) is 11.9. The van der Waals surface area contributed by atoms with Gasteiger partial charge in [0, 0.05) is 31.6 Å². The van der Waals surface area contributed by atoms with Crippen LogP contribution in [0.1, 0.15) is 25.1 Å². The van der Waals surface area contributed by atoms with E-state index >= 15 is 0 Å². The molecule has 0 bridgehead atoms. The summed E-state index contributed by atoms with van der Waals surface area (Å²) in [5.41, 5.74) is 2.46. The second-order valence-electron chi connectivity index (χ2n) is 5.57. The third-order valence-electron chi connectivity index (χ3n) is 3.75. The van der Waals surface area contributed by atoms with E-state index in [1.165, 1.54) is 11.3 Å². The number of morpholine rings is 1. The molecule has 0 aliphatic carbocycles. The molecule has 98 valence electrons. The molecule has 0 unspecified atom stereocenters. The van der Waals surface area contributed by atoms with Crippen molar-refractivity contribution in [3.8, 4) is 0 Å². The minimum atomic E-state index is -0.00216. The van der Waals surface area contributed by atoms with Gasteiger partial charge in [-0.2, -0.15) is 0 Å². The van der Waals surface area contributed by atoms with Crippen molar-refractivity contribution in [1.82, 2.24) is 15.3 Å². The molecule has 0 atom stereocenters. The third-order valence-corrected chi connectivity index (χ3v) is 3.75. The molecule has 18 heavy (non-hydrogen) atoms. The Morgan fingerprint density at radius 1 is 1.39 bits per heavy atom. The Hall–Kier alpha value is -1.20. The Morgan fingerprint density at radius 3 is 3.11 bits per heavy atom. The minimum absolute atomic E-state index is 0.00216. The highest BCUT2D eigenvalue weighted by molar-refractivity contribution is 5.51. The van der Waals surface area contributed by atoms with Crippen LogP contribution in [0.25, 0.3) is 0 Å². The van der Waals surface area contributed by atoms with Crippen molar-refractivity contribution < 1.29 is 4.74 Å². The van der Waals surface area contributed by atoms with Gasteiger partial charge in [0.25, 0.3) is 0 Å². The van der Waals surface area contributed by atoms with E-state index in [4.69, 9.17) is 4.74 Å². The van der Waals surface area contributed by atoms with Crippen molar-refractivity contribution in [2.75, 3.05) is 31.2 Å². The van der Waals surface area contributed by atoms with Gasteiger partial charge in [-0.1, -0.05) is 0 Å². The first-order valence-corrected chi connectivity index (χ1v) is 6.57. The summed E-state index contributed by atoms with van der Waals surface area (Å²) in [5, 5.41) is 3.41. The minimum Gasteiger partial charge on any atom is -0.377 e. The van der Waals surface area contributed by atoms with E-state index in [2.05, 4.69) is 34.0 Å². The molecule has 1 aromatic rings. The number of aromatic nitrogens is 2. The molecule has 1 fully saturated rings. The van der Waals surface area contributed by atoms with E-state index in [1.54, 1.807) is 6.33 Å². The number of rotatable bonds is 1. The normalized spacial score (nSPS) is 22.7. The van der Waals surface area contributed by atoms with Gasteiger partial charge >= 0.3 is 0 Å². The van der Waals surface area contributed by atoms with Gasteiger partial charge < -0.3 is 15.0 Å². The highest BCUT2D eigenvalue weighted by Crippen LogP contribution is 2.30. The van der Waals surface area contributed by atoms with Crippen LogP contribution in [0.2, 0.25) is 0 Å². The molecule has 2 aliphatic rings. The highest BCUT2D eigenvalue weighted by atomic mass is 16.5. The van der Waals surface area contributed by atoms with Gasteiger partial charge in [-0.05, 0) is 13.8 Å². The van der Waals surface area contributed by atoms with Crippen LogP contribution in [-0.2, 0) is 17.7 Å². The number of anilines is 1. The largest absolute Gasteiger partial charge is 0.377 e. The summed E-state index contributed by atoms with van der Waals surface area (Å²) in [6.07, 6.45) is 2.70. The zero-order chi connectivity index (χ0) is 12.6. The Labute approximate surface area is 108 Å². The number of nitrogens with one attached hydrogen (secondary N) is 1. The molecule has 5 nitrogen and oxygen atoms in total. The van der Waals surface area contributed by atoms with Crippen molar-refractivity contribution in [3.63, 3.8) is 0 Å². The lowest BCUT2D eigenvalue weighted by Crippen LogP contribution is -2.54. The molecular formula is C13H20N4O. The standard InChI is InChI=1S/C13H20N4O/c1-13(2)8-18-6-5-17(13)12-10-7-14-4-3-11(10)15-9-16-12/h9,14H,3-8H2,1-2H3. The van der Waals surface area contributed by atoms with Crippen molar-refractivity contribution >= 4 is 5.82 Å². The SMILES string of the molecule is CC1(C)COCCN1c1ncnc2c1CNCC2. The molecule has 0 saturated carbocycles. The fourth-order valence-electron chi connectivity index (χ4n) is 2.74. The van der Waals surface area contributed by atoms with E-state index in [-0.39, 0.29) is 5.54 Å². The van der Waals surface area contributed by atoms with E-state index < -0.39 is 0 Å². The topological polar surface area (TPSA) is 50.3 Å². The van der Waals surface area contributed by atoms with Crippen molar-refractivity contribution in [1.29, 1.82) is 0 Å². The average Bonchev–Trinajstić information content (AvgIpc) is 2.38. The Kier molecular flexibility index (Phi) is 2.95. The second kappa shape index (κ2) is 4.48. The van der Waals surface area contributed by atoms with Crippen LogP contribution in [0, 0.1) is 0 Å². The maximum absolute atomic E-state index is 5.58. The maximum atomic E-state index is 5.58. The van der Waals surface area contributed by atoms with E-state index in [1.807, 2.05) is 0 Å². The molecule has 1 N–H and O–H groups in total. The van der Waals surface area contributed by atoms with Crippen LogP contribution >= 0.6 is 0 Å². The fraction of sp³-hybridized carbons (Fsp3) is 0.692. The predicted octanol–water partition coefficient (Wildman–Crippen LogP) is 0.738. The lowest BCUT2D eigenvalue weighted by atomic mass is 10.00. The zero-order valence-electron chi connectivity index (χ0n) is 11.1. The van der Waals surface area contributed by atoms with Gasteiger partial charge in [-0.25, -0.2) is 9.97 Å². The van der Waals surface area contributed by atoms with Crippen LogP contribution in [-0.4, -0.2) is 41.8 Å². The van der Waals surface area contributed by atoms with Gasteiger partial charge in [0.05, 0.1) is 24.4 Å². The number of nitrogens with zero attached hydrogens (tertiary/aromatic N) is 3. The molecular weight excluding hydrogens is 228 g/mol. The summed E-state index contributed by atoms with van der Waals surface area (Å²) in [6, 6.07) is 0. The fourth-order valence-corrected chi connectivity index (χ4v) is 2.74. The van der Waals surface area contributed by atoms with E-state index in [0.29, 0.717) is 0 Å². The highest BCUT2D eigenvalue weighted by Gasteiger charge is 2.33. The molecule has 0 amide bonds. The molecule has 0 spiro atoms. The smallest absolute Gasteiger partial charge is 0.137 e. The van der Waals surface area contributed by atoms with Crippen LogP contribution < -0.4 is 10.2 Å². The molecule has 0 aromatic carbocycles. The third kappa shape index (κ3) is 1.97. The lowest BCUT2D eigenvalue weighted by molar-refractivity contribution is 0.0637. The van der Waals surface area contributed by atoms with Gasteiger partial charge in [-0.3, -0.25) is 0 Å². The lowest BCUT2D eigenvalue weighted by Gasteiger charge is -2.44. The number of fused-ring (bicyclic) bond motifs is 1. The van der Waals surface area contributed by atoms with Crippen LogP contribution in [0.15, 0.2) is 6.33 Å². The Bertz CT molecular complexity index is 447. The van der Waals surface area contributed by atoms with Gasteiger partial charge in [0.2, 0.25) is 0 Å². The summed E-state index contributed by atoms with van der Waals surface area (Å²) >= 11 is 0. The number of hydrogen-bond donors (Lipinski definition) is 1. The molecule has 1 saturated heterocycles. The maximum Gasteiger partial charge on any atom is 0.137 e. The van der Waals surface area contributed by atoms with Crippen LogP contribution in [0.4, 0.5) is 5.82 Å². The van der Waals surface area contributed by atoms with Crippen LogP contribution in [0.5, 0.6) is 0 Å². The van der Waals surface area contributed by atoms with Crippen molar-refractivity contribution in [3.05, 3.63) is 17.6 Å². The summed E-state index contributed by atoms with van der Waals surface area (Å²) in [4.78, 5) is 11.3. The summed E-state index contributed by atoms with van der Waals surface area (Å²) < 4.78 is 5.58. The van der Waals surface area contributed by atoms with Gasteiger partial charge in [0.1, 0.15) is 12.1 Å². The summed E-state index contributed by atoms with van der Waals surface area (Å²) in [5.74, 6) is 1.08. The molecule has 0 radical (unpaired) electrons. The number of hydrogen-bond acceptors (Lipinski definition) is 5. The zero-order valence-corrected chi connectivity index (χ0v) is 11.1. The molecule has 2 aliphatic heterocycles. The van der Waals surface area contributed by atoms with E-state index in [9.17, 15) is 0 Å². The van der Waals surface area contributed by atoms with Crippen molar-refractivity contribution in [2.24, 2.45) is 0 Å². The summed E-state index contributed by atoms with van der Waals surface area (Å²) in [6.45, 7) is 8.72. The Balaban J connectivity index is 2.00. The van der Waals surface area contributed by atoms with Gasteiger partial charge in [0.15, 0.2) is 0 Å². The second-order valence-corrected chi connectivity index (χ2v) is 5.57. The molecule has 1 aromatic heterocycles. The quantitative estimate of drug-likeness (QED) is 0.794. The van der Waals surface area contributed by atoms with E-state index in [0.717, 1.165) is 45.1 Å². The predicted molar refractivity (Wildman–Crippen MR) is 69.7 cm³/mol. The molecule has 3 heterocycles. The Morgan fingerprint density at radius 2 is 2.28 bits per heavy atom. The molecule has 5 heteroatoms. The van der Waals surface area contributed by atoms with Crippen LogP contribution in [0.3, 0.4) is 0 Å².